The van der Waals surface area contributed by atoms with Gasteiger partial charge < -0.3 is 4.74 Å². The van der Waals surface area contributed by atoms with Gasteiger partial charge in [-0.05, 0) is 62.5 Å². The van der Waals surface area contributed by atoms with Gasteiger partial charge in [0.05, 0.1) is 6.10 Å². The SMILES string of the molecule is CC(C)OCCCSCCCCCCCCCCCCCc1cccs1. The van der Waals surface area contributed by atoms with Gasteiger partial charge in [0.25, 0.3) is 0 Å². The topological polar surface area (TPSA) is 9.23 Å². The van der Waals surface area contributed by atoms with Gasteiger partial charge in [0.1, 0.15) is 0 Å². The maximum absolute atomic E-state index is 5.56. The highest BCUT2D eigenvalue weighted by Gasteiger charge is 1.97. The predicted octanol–water partition coefficient (Wildman–Crippen LogP) is 8.13. The summed E-state index contributed by atoms with van der Waals surface area (Å²) in [4.78, 5) is 1.56. The van der Waals surface area contributed by atoms with E-state index in [1.807, 2.05) is 11.3 Å². The van der Waals surface area contributed by atoms with Gasteiger partial charge in [-0.25, -0.2) is 0 Å². The smallest absolute Gasteiger partial charge is 0.0518 e. The van der Waals surface area contributed by atoms with E-state index in [2.05, 4.69) is 43.1 Å². The van der Waals surface area contributed by atoms with Crippen LogP contribution in [0.1, 0.15) is 95.8 Å². The number of unbranched alkanes of at least 4 members (excludes halogenated alkanes) is 10. The maximum Gasteiger partial charge on any atom is 0.0518 e. The molecule has 3 heteroatoms. The molecule has 0 amide bonds. The summed E-state index contributed by atoms with van der Waals surface area (Å²) in [5.41, 5.74) is 0. The lowest BCUT2D eigenvalue weighted by Gasteiger charge is -2.07. The second-order valence-electron chi connectivity index (χ2n) is 7.60. The Labute approximate surface area is 171 Å². The van der Waals surface area contributed by atoms with Gasteiger partial charge in [-0.3, -0.25) is 0 Å². The Hall–Kier alpha value is 0.01000. The molecule has 0 radical (unpaired) electrons. The molecule has 152 valence electrons. The van der Waals surface area contributed by atoms with Crippen LogP contribution in [0.5, 0.6) is 0 Å². The molecular weight excluding hydrogens is 356 g/mol. The van der Waals surface area contributed by atoms with Gasteiger partial charge in [0.15, 0.2) is 0 Å². The minimum atomic E-state index is 0.386. The fourth-order valence-corrected chi connectivity index (χ4v) is 4.82. The first kappa shape index (κ1) is 24.0. The highest BCUT2D eigenvalue weighted by Crippen LogP contribution is 2.15. The Morgan fingerprint density at radius 3 is 1.96 bits per heavy atom. The lowest BCUT2D eigenvalue weighted by molar-refractivity contribution is 0.0800. The molecule has 1 aromatic rings. The molecule has 0 fully saturated rings. The van der Waals surface area contributed by atoms with E-state index in [0.717, 1.165) is 6.61 Å². The third-order valence-corrected chi connectivity index (χ3v) is 6.77. The Kier molecular flexibility index (Phi) is 17.0. The third kappa shape index (κ3) is 16.2. The molecule has 0 saturated heterocycles. The van der Waals surface area contributed by atoms with Gasteiger partial charge in [-0.2, -0.15) is 11.8 Å². The summed E-state index contributed by atoms with van der Waals surface area (Å²) in [6.45, 7) is 5.15. The van der Waals surface area contributed by atoms with Crippen molar-refractivity contribution in [2.24, 2.45) is 0 Å². The summed E-state index contributed by atoms with van der Waals surface area (Å²) in [5, 5.41) is 2.19. The summed E-state index contributed by atoms with van der Waals surface area (Å²) in [6, 6.07) is 4.44. The minimum Gasteiger partial charge on any atom is -0.379 e. The Bertz CT molecular complexity index is 376. The first-order valence-electron chi connectivity index (χ1n) is 11.0. The molecule has 26 heavy (non-hydrogen) atoms. The van der Waals surface area contributed by atoms with Gasteiger partial charge in [0, 0.05) is 11.5 Å². The molecule has 0 aliphatic carbocycles. The lowest BCUT2D eigenvalue weighted by Crippen LogP contribution is -2.04. The van der Waals surface area contributed by atoms with Crippen LogP contribution in [-0.2, 0) is 11.2 Å². The van der Waals surface area contributed by atoms with Crippen LogP contribution in [-0.4, -0.2) is 24.2 Å². The number of thiophene rings is 1. The number of rotatable bonds is 19. The molecule has 0 saturated carbocycles. The van der Waals surface area contributed by atoms with E-state index < -0.39 is 0 Å². The largest absolute Gasteiger partial charge is 0.379 e. The monoisotopic (exact) mass is 398 g/mol. The van der Waals surface area contributed by atoms with E-state index >= 15 is 0 Å². The molecule has 0 aromatic carbocycles. The third-order valence-electron chi connectivity index (χ3n) is 4.68. The maximum atomic E-state index is 5.56. The van der Waals surface area contributed by atoms with Crippen LogP contribution >= 0.6 is 23.1 Å². The molecule has 0 aliphatic heterocycles. The van der Waals surface area contributed by atoms with E-state index in [9.17, 15) is 0 Å². The van der Waals surface area contributed by atoms with Gasteiger partial charge in [0.2, 0.25) is 0 Å². The number of aryl methyl sites for hydroxylation is 1. The standard InChI is InChI=1S/C23H42OS2/c1-22(2)24-18-15-20-25-19-13-11-9-7-5-3-4-6-8-10-12-16-23-17-14-21-26-23/h14,17,21-22H,3-13,15-16,18-20H2,1-2H3. The van der Waals surface area contributed by atoms with Crippen molar-refractivity contribution in [1.29, 1.82) is 0 Å². The number of thioether (sulfide) groups is 1. The zero-order valence-electron chi connectivity index (χ0n) is 17.3. The molecule has 0 bridgehead atoms. The Morgan fingerprint density at radius 2 is 1.38 bits per heavy atom. The van der Waals surface area contributed by atoms with Gasteiger partial charge in [-0.15, -0.1) is 11.3 Å². The zero-order chi connectivity index (χ0) is 18.7. The summed E-state index contributed by atoms with van der Waals surface area (Å²) in [7, 11) is 0. The molecule has 1 heterocycles. The molecule has 0 atom stereocenters. The van der Waals surface area contributed by atoms with E-state index in [1.54, 1.807) is 4.88 Å². The summed E-state index contributed by atoms with van der Waals surface area (Å²) in [5.74, 6) is 2.60. The normalized spacial score (nSPS) is 11.5. The van der Waals surface area contributed by atoms with Crippen LogP contribution in [0.2, 0.25) is 0 Å². The van der Waals surface area contributed by atoms with Crippen molar-refractivity contribution in [3.8, 4) is 0 Å². The van der Waals surface area contributed by atoms with Gasteiger partial charge >= 0.3 is 0 Å². The van der Waals surface area contributed by atoms with Crippen molar-refractivity contribution in [3.05, 3.63) is 22.4 Å². The molecular formula is C23H42OS2. The first-order valence-corrected chi connectivity index (χ1v) is 13.0. The van der Waals surface area contributed by atoms with Crippen molar-refractivity contribution < 1.29 is 4.74 Å². The number of hydrogen-bond donors (Lipinski definition) is 0. The Balaban J connectivity index is 1.66. The van der Waals surface area contributed by atoms with Crippen molar-refractivity contribution in [2.75, 3.05) is 18.1 Å². The first-order chi connectivity index (χ1) is 12.8. The van der Waals surface area contributed by atoms with Crippen molar-refractivity contribution in [3.63, 3.8) is 0 Å². The average Bonchev–Trinajstić information content (AvgIpc) is 3.14. The molecule has 0 spiro atoms. The molecule has 1 nitrogen and oxygen atoms in total. The van der Waals surface area contributed by atoms with E-state index in [4.69, 9.17) is 4.74 Å². The summed E-state index contributed by atoms with van der Waals surface area (Å²) < 4.78 is 5.56. The van der Waals surface area contributed by atoms with Crippen LogP contribution in [0, 0.1) is 0 Å². The van der Waals surface area contributed by atoms with Crippen molar-refractivity contribution in [2.45, 2.75) is 103 Å². The van der Waals surface area contributed by atoms with Crippen molar-refractivity contribution >= 4 is 23.1 Å². The molecule has 0 aliphatic rings. The fraction of sp³-hybridized carbons (Fsp3) is 0.826. The van der Waals surface area contributed by atoms with Crippen molar-refractivity contribution in [1.82, 2.24) is 0 Å². The zero-order valence-corrected chi connectivity index (χ0v) is 19.0. The molecule has 1 rings (SSSR count). The Morgan fingerprint density at radius 1 is 0.808 bits per heavy atom. The minimum absolute atomic E-state index is 0.386. The van der Waals surface area contributed by atoms with Crippen LogP contribution in [0.25, 0.3) is 0 Å². The summed E-state index contributed by atoms with van der Waals surface area (Å²) >= 11 is 4.01. The van der Waals surface area contributed by atoms with E-state index in [0.29, 0.717) is 6.10 Å². The average molecular weight is 399 g/mol. The fourth-order valence-electron chi connectivity index (χ4n) is 3.13. The second-order valence-corrected chi connectivity index (χ2v) is 9.86. The molecule has 0 N–H and O–H groups in total. The van der Waals surface area contributed by atoms with Crippen LogP contribution < -0.4 is 0 Å². The number of ether oxygens (including phenoxy) is 1. The molecule has 1 aromatic heterocycles. The van der Waals surface area contributed by atoms with E-state index in [-0.39, 0.29) is 0 Å². The summed E-state index contributed by atoms with van der Waals surface area (Å²) in [6.07, 6.45) is 18.6. The predicted molar refractivity (Wildman–Crippen MR) is 122 cm³/mol. The quantitative estimate of drug-likeness (QED) is 0.217. The van der Waals surface area contributed by atoms with Crippen LogP contribution in [0.4, 0.5) is 0 Å². The highest BCUT2D eigenvalue weighted by atomic mass is 32.2. The second kappa shape index (κ2) is 18.4. The lowest BCUT2D eigenvalue weighted by atomic mass is 10.1. The molecule has 0 unspecified atom stereocenters. The van der Waals surface area contributed by atoms with Crippen LogP contribution in [0.15, 0.2) is 17.5 Å². The van der Waals surface area contributed by atoms with E-state index in [1.165, 1.54) is 95.0 Å². The number of hydrogen-bond acceptors (Lipinski definition) is 3. The van der Waals surface area contributed by atoms with Gasteiger partial charge in [-0.1, -0.05) is 63.9 Å². The highest BCUT2D eigenvalue weighted by molar-refractivity contribution is 7.99. The van der Waals surface area contributed by atoms with Crippen LogP contribution in [0.3, 0.4) is 0 Å².